The topological polar surface area (TPSA) is 47.9 Å². The third kappa shape index (κ3) is 6.25. The molecule has 0 aromatic heterocycles. The van der Waals surface area contributed by atoms with Gasteiger partial charge in [0.15, 0.2) is 5.96 Å². The van der Waals surface area contributed by atoms with E-state index in [1.54, 1.807) is 6.07 Å². The number of guanidine groups is 1. The van der Waals surface area contributed by atoms with Gasteiger partial charge in [-0.15, -0.1) is 24.0 Å². The van der Waals surface area contributed by atoms with Gasteiger partial charge >= 0.3 is 0 Å². The van der Waals surface area contributed by atoms with E-state index in [1.807, 2.05) is 6.92 Å². The highest BCUT2D eigenvalue weighted by Crippen LogP contribution is 2.30. The standard InChI is InChI=1S/C18H27ClFN3O.HI/c1-4-21-17(23-9-7-14(24)8-10-23)22-12-18(2,3)15-6-5-13(20)11-16(15)19;/h5-6,11,14,24H,4,7-10,12H2,1-3H3,(H,21,22);1H. The number of hydrogen-bond donors (Lipinski definition) is 2. The molecule has 1 aromatic rings. The molecule has 0 bridgehead atoms. The van der Waals surface area contributed by atoms with Crippen LogP contribution >= 0.6 is 35.6 Å². The van der Waals surface area contributed by atoms with E-state index in [2.05, 4.69) is 24.1 Å². The van der Waals surface area contributed by atoms with Gasteiger partial charge in [0.2, 0.25) is 0 Å². The number of likely N-dealkylation sites (tertiary alicyclic amines) is 1. The number of aliphatic imine (C=N–C) groups is 1. The molecule has 7 heteroatoms. The molecular weight excluding hydrogens is 456 g/mol. The zero-order valence-corrected chi connectivity index (χ0v) is 18.1. The average Bonchev–Trinajstić information content (AvgIpc) is 2.52. The van der Waals surface area contributed by atoms with Crippen LogP contribution in [0.3, 0.4) is 0 Å². The van der Waals surface area contributed by atoms with Crippen molar-refractivity contribution >= 4 is 41.5 Å². The number of hydrogen-bond acceptors (Lipinski definition) is 2. The maximum atomic E-state index is 13.3. The number of aliphatic hydroxyl groups is 1. The Labute approximate surface area is 171 Å². The minimum atomic E-state index is -0.330. The second-order valence-electron chi connectivity index (χ2n) is 6.90. The average molecular weight is 484 g/mol. The van der Waals surface area contributed by atoms with Crippen LogP contribution in [0, 0.1) is 5.82 Å². The summed E-state index contributed by atoms with van der Waals surface area (Å²) in [5, 5.41) is 13.4. The molecule has 0 radical (unpaired) electrons. The Morgan fingerprint density at radius 1 is 1.40 bits per heavy atom. The Bertz CT molecular complexity index is 590. The number of halogens is 3. The molecule has 0 amide bonds. The lowest BCUT2D eigenvalue weighted by Crippen LogP contribution is -2.47. The Morgan fingerprint density at radius 2 is 2.04 bits per heavy atom. The van der Waals surface area contributed by atoms with Gasteiger partial charge in [-0.25, -0.2) is 4.39 Å². The number of nitrogens with one attached hydrogen (secondary N) is 1. The van der Waals surface area contributed by atoms with Gasteiger partial charge in [0.1, 0.15) is 5.82 Å². The smallest absolute Gasteiger partial charge is 0.193 e. The van der Waals surface area contributed by atoms with Crippen LogP contribution in [0.1, 0.15) is 39.2 Å². The lowest BCUT2D eigenvalue weighted by atomic mass is 9.84. The molecule has 0 saturated carbocycles. The molecule has 0 spiro atoms. The Kier molecular flexibility index (Phi) is 8.91. The first-order chi connectivity index (χ1) is 11.3. The van der Waals surface area contributed by atoms with Crippen LogP contribution in [-0.4, -0.2) is 48.2 Å². The summed E-state index contributed by atoms with van der Waals surface area (Å²) in [5.41, 5.74) is 0.583. The zero-order valence-electron chi connectivity index (χ0n) is 15.1. The molecule has 0 aliphatic carbocycles. The van der Waals surface area contributed by atoms with E-state index in [4.69, 9.17) is 16.6 Å². The van der Waals surface area contributed by atoms with E-state index < -0.39 is 0 Å². The second kappa shape index (κ2) is 9.92. The maximum absolute atomic E-state index is 13.3. The summed E-state index contributed by atoms with van der Waals surface area (Å²) in [6.45, 7) is 9.07. The Balaban J connectivity index is 0.00000312. The van der Waals surface area contributed by atoms with Crippen molar-refractivity contribution in [1.29, 1.82) is 0 Å². The first-order valence-electron chi connectivity index (χ1n) is 8.50. The van der Waals surface area contributed by atoms with Crippen molar-refractivity contribution in [3.05, 3.63) is 34.6 Å². The largest absolute Gasteiger partial charge is 0.393 e. The number of aliphatic hydroxyl groups excluding tert-OH is 1. The van der Waals surface area contributed by atoms with Gasteiger partial charge in [-0.05, 0) is 37.5 Å². The lowest BCUT2D eigenvalue weighted by Gasteiger charge is -2.33. The van der Waals surface area contributed by atoms with E-state index in [9.17, 15) is 9.50 Å². The van der Waals surface area contributed by atoms with Gasteiger partial charge in [-0.3, -0.25) is 4.99 Å². The van der Waals surface area contributed by atoms with Crippen LogP contribution in [0.15, 0.2) is 23.2 Å². The summed E-state index contributed by atoms with van der Waals surface area (Å²) in [4.78, 5) is 6.95. The third-order valence-electron chi connectivity index (χ3n) is 4.38. The van der Waals surface area contributed by atoms with Crippen molar-refractivity contribution in [2.24, 2.45) is 4.99 Å². The SMILES string of the molecule is CCNC(=NCC(C)(C)c1ccc(F)cc1Cl)N1CCC(O)CC1.I. The molecule has 0 atom stereocenters. The highest BCUT2D eigenvalue weighted by atomic mass is 127. The van der Waals surface area contributed by atoms with Crippen molar-refractivity contribution in [2.75, 3.05) is 26.2 Å². The molecule has 1 saturated heterocycles. The van der Waals surface area contributed by atoms with Crippen LogP contribution in [0.5, 0.6) is 0 Å². The van der Waals surface area contributed by atoms with E-state index in [0.717, 1.165) is 44.0 Å². The molecule has 0 unspecified atom stereocenters. The van der Waals surface area contributed by atoms with Crippen molar-refractivity contribution in [1.82, 2.24) is 10.2 Å². The molecular formula is C18H28ClFIN3O. The van der Waals surface area contributed by atoms with Crippen LogP contribution in [0.2, 0.25) is 5.02 Å². The van der Waals surface area contributed by atoms with Crippen LogP contribution in [0.25, 0.3) is 0 Å². The summed E-state index contributed by atoms with van der Waals surface area (Å²) in [6, 6.07) is 4.51. The van der Waals surface area contributed by atoms with E-state index >= 15 is 0 Å². The Hall–Kier alpha value is -0.600. The van der Waals surface area contributed by atoms with Crippen molar-refractivity contribution in [2.45, 2.75) is 45.1 Å². The van der Waals surface area contributed by atoms with Gasteiger partial charge < -0.3 is 15.3 Å². The highest BCUT2D eigenvalue weighted by molar-refractivity contribution is 14.0. The lowest BCUT2D eigenvalue weighted by molar-refractivity contribution is 0.108. The number of nitrogens with zero attached hydrogens (tertiary/aromatic N) is 2. The zero-order chi connectivity index (χ0) is 17.7. The van der Waals surface area contributed by atoms with Gasteiger partial charge in [0.05, 0.1) is 12.6 Å². The molecule has 1 aromatic carbocycles. The summed E-state index contributed by atoms with van der Waals surface area (Å²) in [5.74, 6) is 0.527. The van der Waals surface area contributed by atoms with E-state index in [1.165, 1.54) is 12.1 Å². The van der Waals surface area contributed by atoms with Crippen molar-refractivity contribution in [3.8, 4) is 0 Å². The van der Waals surface area contributed by atoms with Crippen molar-refractivity contribution < 1.29 is 9.50 Å². The highest BCUT2D eigenvalue weighted by Gasteiger charge is 2.25. The van der Waals surface area contributed by atoms with Crippen LogP contribution in [-0.2, 0) is 5.41 Å². The summed E-state index contributed by atoms with van der Waals surface area (Å²) in [7, 11) is 0. The predicted octanol–water partition coefficient (Wildman–Crippen LogP) is 3.80. The first kappa shape index (κ1) is 22.4. The van der Waals surface area contributed by atoms with E-state index in [-0.39, 0.29) is 41.3 Å². The summed E-state index contributed by atoms with van der Waals surface area (Å²) >= 11 is 6.21. The molecule has 142 valence electrons. The Morgan fingerprint density at radius 3 is 2.60 bits per heavy atom. The third-order valence-corrected chi connectivity index (χ3v) is 4.70. The van der Waals surface area contributed by atoms with Gasteiger partial charge in [-0.1, -0.05) is 31.5 Å². The molecule has 2 N–H and O–H groups in total. The molecule has 4 nitrogen and oxygen atoms in total. The summed E-state index contributed by atoms with van der Waals surface area (Å²) < 4.78 is 13.3. The number of piperidine rings is 1. The first-order valence-corrected chi connectivity index (χ1v) is 8.88. The minimum Gasteiger partial charge on any atom is -0.393 e. The fraction of sp³-hybridized carbons (Fsp3) is 0.611. The monoisotopic (exact) mass is 483 g/mol. The van der Waals surface area contributed by atoms with Gasteiger partial charge in [0, 0.05) is 30.1 Å². The maximum Gasteiger partial charge on any atom is 0.193 e. The summed E-state index contributed by atoms with van der Waals surface area (Å²) in [6.07, 6.45) is 1.31. The van der Waals surface area contributed by atoms with E-state index in [0.29, 0.717) is 11.6 Å². The molecule has 1 heterocycles. The number of rotatable bonds is 4. The quantitative estimate of drug-likeness (QED) is 0.389. The number of benzene rings is 1. The molecule has 25 heavy (non-hydrogen) atoms. The molecule has 1 aliphatic rings. The van der Waals surface area contributed by atoms with Crippen LogP contribution in [0.4, 0.5) is 4.39 Å². The predicted molar refractivity (Wildman–Crippen MR) is 113 cm³/mol. The molecule has 1 fully saturated rings. The molecule has 1 aliphatic heterocycles. The van der Waals surface area contributed by atoms with Crippen molar-refractivity contribution in [3.63, 3.8) is 0 Å². The fourth-order valence-corrected chi connectivity index (χ4v) is 3.32. The van der Waals surface area contributed by atoms with Crippen LogP contribution < -0.4 is 5.32 Å². The minimum absolute atomic E-state index is 0. The fourth-order valence-electron chi connectivity index (χ4n) is 2.90. The molecule has 2 rings (SSSR count). The van der Waals surface area contributed by atoms with Gasteiger partial charge in [0.25, 0.3) is 0 Å². The second-order valence-corrected chi connectivity index (χ2v) is 7.30. The van der Waals surface area contributed by atoms with Gasteiger partial charge in [-0.2, -0.15) is 0 Å². The normalized spacial score (nSPS) is 16.6.